The second kappa shape index (κ2) is 8.25. The van der Waals surface area contributed by atoms with Gasteiger partial charge >= 0.3 is 0 Å². The van der Waals surface area contributed by atoms with Gasteiger partial charge in [0.05, 0.1) is 32.5 Å². The summed E-state index contributed by atoms with van der Waals surface area (Å²) in [4.78, 5) is 0. The number of halogens is 1. The van der Waals surface area contributed by atoms with E-state index in [4.69, 9.17) is 30.5 Å². The molecule has 0 aromatic heterocycles. The lowest BCUT2D eigenvalue weighted by atomic mass is 9.78. The lowest BCUT2D eigenvalue weighted by Crippen LogP contribution is -2.61. The molecular formula is C24H27ClO7. The van der Waals surface area contributed by atoms with Crippen molar-refractivity contribution < 1.29 is 34.3 Å². The molecule has 172 valence electrons. The van der Waals surface area contributed by atoms with E-state index >= 15 is 0 Å². The van der Waals surface area contributed by atoms with Crippen LogP contribution in [0, 0.1) is 5.92 Å². The molecule has 0 saturated carbocycles. The third-order valence-electron chi connectivity index (χ3n) is 6.88. The molecule has 8 heteroatoms. The zero-order valence-corrected chi connectivity index (χ0v) is 18.5. The number of hydrogen-bond acceptors (Lipinski definition) is 7. The molecular weight excluding hydrogens is 436 g/mol. The SMILES string of the molecule is C[C@H]1[C@H](O)[C@@H](O)[C@@]2(c3ccc(Cl)c(Cc4ccc(OC5COC5)cc4)c3)OC[C@]1(CO)O2. The number of rotatable bonds is 6. The zero-order chi connectivity index (χ0) is 22.5. The summed E-state index contributed by atoms with van der Waals surface area (Å²) in [6.07, 6.45) is -1.74. The van der Waals surface area contributed by atoms with E-state index in [0.29, 0.717) is 30.2 Å². The lowest BCUT2D eigenvalue weighted by Gasteiger charge is -2.47. The molecule has 0 amide bonds. The first-order chi connectivity index (χ1) is 15.4. The van der Waals surface area contributed by atoms with Gasteiger partial charge in [0.2, 0.25) is 5.79 Å². The van der Waals surface area contributed by atoms with Gasteiger partial charge in [0.25, 0.3) is 0 Å². The van der Waals surface area contributed by atoms with E-state index in [1.165, 1.54) is 0 Å². The van der Waals surface area contributed by atoms with Crippen LogP contribution in [0.2, 0.25) is 5.02 Å². The van der Waals surface area contributed by atoms with E-state index in [1.54, 1.807) is 19.1 Å². The van der Waals surface area contributed by atoms with Crippen molar-refractivity contribution in [2.45, 2.75) is 43.0 Å². The fraction of sp³-hybridized carbons (Fsp3) is 0.500. The molecule has 3 N–H and O–H groups in total. The highest BCUT2D eigenvalue weighted by molar-refractivity contribution is 6.31. The monoisotopic (exact) mass is 462 g/mol. The van der Waals surface area contributed by atoms with E-state index < -0.39 is 29.5 Å². The Morgan fingerprint density at radius 1 is 1.12 bits per heavy atom. The first-order valence-corrected chi connectivity index (χ1v) is 11.2. The summed E-state index contributed by atoms with van der Waals surface area (Å²) in [5.41, 5.74) is 1.35. The van der Waals surface area contributed by atoms with Crippen LogP contribution in [-0.4, -0.2) is 65.7 Å². The summed E-state index contributed by atoms with van der Waals surface area (Å²) in [6, 6.07) is 13.1. The lowest BCUT2D eigenvalue weighted by molar-refractivity contribution is -0.318. The van der Waals surface area contributed by atoms with Crippen LogP contribution in [-0.2, 0) is 26.4 Å². The molecule has 3 saturated heterocycles. The molecule has 3 heterocycles. The zero-order valence-electron chi connectivity index (χ0n) is 17.7. The van der Waals surface area contributed by atoms with E-state index in [9.17, 15) is 15.3 Å². The summed E-state index contributed by atoms with van der Waals surface area (Å²) in [5, 5.41) is 32.1. The molecule has 3 aliphatic heterocycles. The highest BCUT2D eigenvalue weighted by atomic mass is 35.5. The molecule has 32 heavy (non-hydrogen) atoms. The van der Waals surface area contributed by atoms with Crippen LogP contribution in [0.5, 0.6) is 5.75 Å². The van der Waals surface area contributed by atoms with Crippen LogP contribution in [0.25, 0.3) is 0 Å². The molecule has 0 unspecified atom stereocenters. The first kappa shape index (κ1) is 22.1. The average molecular weight is 463 g/mol. The number of hydrogen-bond donors (Lipinski definition) is 3. The first-order valence-electron chi connectivity index (χ1n) is 10.8. The van der Waals surface area contributed by atoms with Crippen LogP contribution in [0.3, 0.4) is 0 Å². The Morgan fingerprint density at radius 3 is 2.53 bits per heavy atom. The van der Waals surface area contributed by atoms with Gasteiger partial charge in [-0.3, -0.25) is 0 Å². The average Bonchev–Trinajstić information content (AvgIpc) is 3.16. The van der Waals surface area contributed by atoms with Crippen molar-refractivity contribution >= 4 is 11.6 Å². The summed E-state index contributed by atoms with van der Waals surface area (Å²) < 4.78 is 23.0. The molecule has 7 nitrogen and oxygen atoms in total. The Balaban J connectivity index is 1.40. The van der Waals surface area contributed by atoms with Gasteiger partial charge in [-0.05, 0) is 41.8 Å². The Labute approximate surface area is 191 Å². The van der Waals surface area contributed by atoms with Crippen molar-refractivity contribution in [2.24, 2.45) is 5.92 Å². The fourth-order valence-electron chi connectivity index (χ4n) is 4.61. The van der Waals surface area contributed by atoms with Gasteiger partial charge in [-0.25, -0.2) is 0 Å². The fourth-order valence-corrected chi connectivity index (χ4v) is 4.80. The van der Waals surface area contributed by atoms with Crippen molar-refractivity contribution in [3.05, 3.63) is 64.2 Å². The molecule has 2 aromatic carbocycles. The molecule has 0 aliphatic carbocycles. The summed E-state index contributed by atoms with van der Waals surface area (Å²) in [7, 11) is 0. The molecule has 3 fully saturated rings. The third kappa shape index (κ3) is 3.53. The Hall–Kier alpha value is -1.71. The van der Waals surface area contributed by atoms with Crippen molar-refractivity contribution in [1.29, 1.82) is 0 Å². The highest BCUT2D eigenvalue weighted by Crippen LogP contribution is 2.52. The quantitative estimate of drug-likeness (QED) is 0.604. The van der Waals surface area contributed by atoms with Crippen molar-refractivity contribution in [2.75, 3.05) is 26.4 Å². The minimum absolute atomic E-state index is 0.0737. The van der Waals surface area contributed by atoms with Gasteiger partial charge in [-0.2, -0.15) is 0 Å². The van der Waals surface area contributed by atoms with Crippen LogP contribution < -0.4 is 4.74 Å². The van der Waals surface area contributed by atoms with E-state index in [1.807, 2.05) is 30.3 Å². The van der Waals surface area contributed by atoms with Crippen molar-refractivity contribution in [3.8, 4) is 5.75 Å². The second-order valence-electron chi connectivity index (χ2n) is 8.91. The van der Waals surface area contributed by atoms with Gasteiger partial charge in [0.15, 0.2) is 0 Å². The number of aliphatic hydroxyl groups excluding tert-OH is 3. The van der Waals surface area contributed by atoms with E-state index in [2.05, 4.69) is 0 Å². The second-order valence-corrected chi connectivity index (χ2v) is 9.32. The number of benzene rings is 2. The topological polar surface area (TPSA) is 97.6 Å². The predicted molar refractivity (Wildman–Crippen MR) is 116 cm³/mol. The maximum Gasteiger partial charge on any atom is 0.225 e. The Bertz CT molecular complexity index is 979. The highest BCUT2D eigenvalue weighted by Gasteiger charge is 2.65. The van der Waals surface area contributed by atoms with E-state index in [-0.39, 0.29) is 19.3 Å². The van der Waals surface area contributed by atoms with Gasteiger partial charge < -0.3 is 34.3 Å². The molecule has 5 atom stereocenters. The van der Waals surface area contributed by atoms with Gasteiger partial charge in [0, 0.05) is 16.5 Å². The van der Waals surface area contributed by atoms with Gasteiger partial charge in [-0.15, -0.1) is 0 Å². The minimum atomic E-state index is -1.56. The summed E-state index contributed by atoms with van der Waals surface area (Å²) in [5.74, 6) is -1.25. The number of aliphatic hydroxyl groups is 3. The Kier molecular flexibility index (Phi) is 5.70. The smallest absolute Gasteiger partial charge is 0.225 e. The molecule has 2 bridgehead atoms. The van der Waals surface area contributed by atoms with Crippen LogP contribution in [0.1, 0.15) is 23.6 Å². The molecule has 5 rings (SSSR count). The number of fused-ring (bicyclic) bond motifs is 2. The van der Waals surface area contributed by atoms with Crippen LogP contribution in [0.4, 0.5) is 0 Å². The minimum Gasteiger partial charge on any atom is -0.486 e. The third-order valence-corrected chi connectivity index (χ3v) is 7.25. The van der Waals surface area contributed by atoms with Crippen molar-refractivity contribution in [3.63, 3.8) is 0 Å². The standard InChI is InChI=1S/C24H27ClO7/c1-14-21(27)22(28)24(30-13-23(14,12-26)32-24)17-4-7-20(25)16(9-17)8-15-2-5-18(6-3-15)31-19-10-29-11-19/h2-7,9,14,19,21-22,26-28H,8,10-13H2,1H3/t14-,21-,22+,23-,24-/m0/s1. The normalized spacial score (nSPS) is 34.3. The molecule has 2 aromatic rings. The maximum absolute atomic E-state index is 10.9. The van der Waals surface area contributed by atoms with Gasteiger partial charge in [0.1, 0.15) is 23.6 Å². The maximum atomic E-state index is 10.9. The largest absolute Gasteiger partial charge is 0.486 e. The molecule has 3 aliphatic rings. The Morgan fingerprint density at radius 2 is 1.88 bits per heavy atom. The number of ether oxygens (including phenoxy) is 4. The summed E-state index contributed by atoms with van der Waals surface area (Å²) >= 11 is 6.48. The summed E-state index contributed by atoms with van der Waals surface area (Å²) in [6.45, 7) is 2.73. The van der Waals surface area contributed by atoms with Gasteiger partial charge in [-0.1, -0.05) is 36.7 Å². The predicted octanol–water partition coefficient (Wildman–Crippen LogP) is 2.01. The van der Waals surface area contributed by atoms with E-state index in [0.717, 1.165) is 16.9 Å². The van der Waals surface area contributed by atoms with Crippen LogP contribution >= 0.6 is 11.6 Å². The molecule has 0 spiro atoms. The van der Waals surface area contributed by atoms with Crippen molar-refractivity contribution in [1.82, 2.24) is 0 Å². The molecule has 0 radical (unpaired) electrons. The van der Waals surface area contributed by atoms with Crippen LogP contribution in [0.15, 0.2) is 42.5 Å².